The molecule has 0 spiro atoms. The summed E-state index contributed by atoms with van der Waals surface area (Å²) in [4.78, 5) is 4.87. The van der Waals surface area contributed by atoms with Crippen molar-refractivity contribution < 1.29 is 0 Å². The number of aromatic nitrogens is 2. The molecule has 1 aliphatic rings. The maximum Gasteiger partial charge on any atom is 0.114 e. The van der Waals surface area contributed by atoms with Gasteiger partial charge in [-0.2, -0.15) is 0 Å². The van der Waals surface area contributed by atoms with Gasteiger partial charge in [0.15, 0.2) is 0 Å². The average Bonchev–Trinajstić information content (AvgIpc) is 2.77. The molecular weight excluding hydrogens is 270 g/mol. The third-order valence-electron chi connectivity index (χ3n) is 4.35. The van der Waals surface area contributed by atoms with Gasteiger partial charge in [-0.25, -0.2) is 4.98 Å². The molecule has 0 saturated heterocycles. The van der Waals surface area contributed by atoms with Crippen molar-refractivity contribution in [3.8, 4) is 0 Å². The van der Waals surface area contributed by atoms with E-state index in [0.29, 0.717) is 12.0 Å². The smallest absolute Gasteiger partial charge is 0.114 e. The van der Waals surface area contributed by atoms with E-state index in [2.05, 4.69) is 24.5 Å². The Balaban J connectivity index is 2.15. The number of hydrogen-bond acceptors (Lipinski definition) is 2. The van der Waals surface area contributed by atoms with Gasteiger partial charge in [0.25, 0.3) is 0 Å². The lowest BCUT2D eigenvalue weighted by molar-refractivity contribution is 0.360. The largest absolute Gasteiger partial charge is 0.327 e. The minimum Gasteiger partial charge on any atom is -0.327 e. The Morgan fingerprint density at radius 3 is 2.75 bits per heavy atom. The first-order chi connectivity index (χ1) is 9.58. The Kier molecular flexibility index (Phi) is 3.74. The van der Waals surface area contributed by atoms with Crippen LogP contribution in [0, 0.1) is 0 Å². The topological polar surface area (TPSA) is 43.8 Å². The molecule has 1 fully saturated rings. The first kappa shape index (κ1) is 13.9. The minimum atomic E-state index is 0.230. The van der Waals surface area contributed by atoms with Crippen LogP contribution in [0.1, 0.15) is 57.3 Å². The molecule has 1 heterocycles. The quantitative estimate of drug-likeness (QED) is 0.898. The lowest BCUT2D eigenvalue weighted by atomic mass is 9.84. The van der Waals surface area contributed by atoms with Crippen LogP contribution < -0.4 is 5.73 Å². The van der Waals surface area contributed by atoms with Crippen LogP contribution >= 0.6 is 11.6 Å². The third kappa shape index (κ3) is 2.33. The van der Waals surface area contributed by atoms with E-state index in [0.717, 1.165) is 34.7 Å². The molecule has 2 aromatic rings. The average molecular weight is 292 g/mol. The van der Waals surface area contributed by atoms with Crippen molar-refractivity contribution in [3.05, 3.63) is 29.0 Å². The Labute approximate surface area is 125 Å². The zero-order chi connectivity index (χ0) is 14.3. The van der Waals surface area contributed by atoms with E-state index in [1.165, 1.54) is 12.8 Å². The van der Waals surface area contributed by atoms with Gasteiger partial charge in [-0.3, -0.25) is 0 Å². The van der Waals surface area contributed by atoms with E-state index < -0.39 is 0 Å². The summed E-state index contributed by atoms with van der Waals surface area (Å²) in [5.41, 5.74) is 8.50. The van der Waals surface area contributed by atoms with E-state index in [1.54, 1.807) is 0 Å². The summed E-state index contributed by atoms with van der Waals surface area (Å²) in [6, 6.07) is 6.57. The highest BCUT2D eigenvalue weighted by molar-refractivity contribution is 6.31. The molecule has 4 heteroatoms. The number of nitrogens with two attached hydrogens (primary N) is 1. The molecule has 0 bridgehead atoms. The number of halogens is 1. The van der Waals surface area contributed by atoms with Crippen molar-refractivity contribution in [2.75, 3.05) is 0 Å². The number of rotatable bonds is 2. The zero-order valence-corrected chi connectivity index (χ0v) is 12.9. The SMILES string of the molecule is CC(C)n1c(C2CCCCC2N)nc2cc(Cl)ccc21. The molecule has 108 valence electrons. The van der Waals surface area contributed by atoms with Gasteiger partial charge in [0.1, 0.15) is 5.82 Å². The predicted octanol–water partition coefficient (Wildman–Crippen LogP) is 4.26. The summed E-state index contributed by atoms with van der Waals surface area (Å²) in [6.45, 7) is 4.40. The van der Waals surface area contributed by atoms with Crippen LogP contribution in [0.25, 0.3) is 11.0 Å². The van der Waals surface area contributed by atoms with Crippen molar-refractivity contribution in [1.29, 1.82) is 0 Å². The molecule has 3 nitrogen and oxygen atoms in total. The van der Waals surface area contributed by atoms with Gasteiger partial charge >= 0.3 is 0 Å². The van der Waals surface area contributed by atoms with Gasteiger partial charge in [-0.15, -0.1) is 0 Å². The molecule has 0 amide bonds. The maximum absolute atomic E-state index is 6.35. The van der Waals surface area contributed by atoms with E-state index in [1.807, 2.05) is 12.1 Å². The van der Waals surface area contributed by atoms with Crippen LogP contribution in [0.5, 0.6) is 0 Å². The summed E-state index contributed by atoms with van der Waals surface area (Å²) < 4.78 is 2.33. The molecule has 0 aliphatic heterocycles. The first-order valence-corrected chi connectivity index (χ1v) is 7.88. The fourth-order valence-corrected chi connectivity index (χ4v) is 3.54. The van der Waals surface area contributed by atoms with Crippen molar-refractivity contribution in [1.82, 2.24) is 9.55 Å². The molecular formula is C16H22ClN3. The molecule has 0 radical (unpaired) electrons. The second-order valence-electron chi connectivity index (χ2n) is 6.12. The van der Waals surface area contributed by atoms with E-state index in [-0.39, 0.29) is 6.04 Å². The Morgan fingerprint density at radius 1 is 1.30 bits per heavy atom. The fourth-order valence-electron chi connectivity index (χ4n) is 3.37. The number of imidazole rings is 1. The van der Waals surface area contributed by atoms with Gasteiger partial charge in [-0.05, 0) is 44.9 Å². The monoisotopic (exact) mass is 291 g/mol. The van der Waals surface area contributed by atoms with Crippen LogP contribution in [0.3, 0.4) is 0 Å². The van der Waals surface area contributed by atoms with Gasteiger partial charge < -0.3 is 10.3 Å². The third-order valence-corrected chi connectivity index (χ3v) is 4.58. The molecule has 1 saturated carbocycles. The maximum atomic E-state index is 6.35. The number of benzene rings is 1. The highest BCUT2D eigenvalue weighted by Gasteiger charge is 2.29. The Morgan fingerprint density at radius 2 is 2.05 bits per heavy atom. The first-order valence-electron chi connectivity index (χ1n) is 7.51. The van der Waals surface area contributed by atoms with Crippen LogP contribution in [-0.4, -0.2) is 15.6 Å². The Hall–Kier alpha value is -1.06. The molecule has 1 aromatic carbocycles. The van der Waals surface area contributed by atoms with Crippen LogP contribution in [-0.2, 0) is 0 Å². The number of fused-ring (bicyclic) bond motifs is 1. The van der Waals surface area contributed by atoms with Gasteiger partial charge in [-0.1, -0.05) is 24.4 Å². The summed E-state index contributed by atoms with van der Waals surface area (Å²) in [7, 11) is 0. The van der Waals surface area contributed by atoms with E-state index in [4.69, 9.17) is 22.3 Å². The molecule has 20 heavy (non-hydrogen) atoms. The lowest BCUT2D eigenvalue weighted by Gasteiger charge is -2.29. The van der Waals surface area contributed by atoms with Crippen LogP contribution in [0.15, 0.2) is 18.2 Å². The summed E-state index contributed by atoms with van der Waals surface area (Å²) in [6.07, 6.45) is 4.74. The highest BCUT2D eigenvalue weighted by Crippen LogP contribution is 2.35. The summed E-state index contributed by atoms with van der Waals surface area (Å²) >= 11 is 6.10. The number of hydrogen-bond donors (Lipinski definition) is 1. The van der Waals surface area contributed by atoms with Crippen molar-refractivity contribution in [3.63, 3.8) is 0 Å². The zero-order valence-electron chi connectivity index (χ0n) is 12.1. The molecule has 1 aromatic heterocycles. The normalized spacial score (nSPS) is 23.6. The number of nitrogens with zero attached hydrogens (tertiary/aromatic N) is 2. The molecule has 2 N–H and O–H groups in total. The molecule has 2 atom stereocenters. The summed E-state index contributed by atoms with van der Waals surface area (Å²) in [5.74, 6) is 1.52. The van der Waals surface area contributed by atoms with Gasteiger partial charge in [0.05, 0.1) is 11.0 Å². The van der Waals surface area contributed by atoms with Crippen molar-refractivity contribution in [2.45, 2.75) is 57.5 Å². The second kappa shape index (κ2) is 5.38. The second-order valence-corrected chi connectivity index (χ2v) is 6.56. The van der Waals surface area contributed by atoms with Crippen molar-refractivity contribution >= 4 is 22.6 Å². The van der Waals surface area contributed by atoms with Crippen molar-refractivity contribution in [2.24, 2.45) is 5.73 Å². The highest BCUT2D eigenvalue weighted by atomic mass is 35.5. The fraction of sp³-hybridized carbons (Fsp3) is 0.562. The van der Waals surface area contributed by atoms with Crippen LogP contribution in [0.2, 0.25) is 5.02 Å². The predicted molar refractivity (Wildman–Crippen MR) is 84.3 cm³/mol. The van der Waals surface area contributed by atoms with E-state index >= 15 is 0 Å². The van der Waals surface area contributed by atoms with E-state index in [9.17, 15) is 0 Å². The lowest BCUT2D eigenvalue weighted by Crippen LogP contribution is -2.33. The van der Waals surface area contributed by atoms with Gasteiger partial charge in [0, 0.05) is 23.0 Å². The Bertz CT molecular complexity index is 617. The molecule has 3 rings (SSSR count). The van der Waals surface area contributed by atoms with Crippen LogP contribution in [0.4, 0.5) is 0 Å². The standard InChI is InChI=1S/C16H22ClN3/c1-10(2)20-15-8-7-11(17)9-14(15)19-16(20)12-5-3-4-6-13(12)18/h7-10,12-13H,3-6,18H2,1-2H3. The van der Waals surface area contributed by atoms with Gasteiger partial charge in [0.2, 0.25) is 0 Å². The molecule has 1 aliphatic carbocycles. The molecule has 2 unspecified atom stereocenters. The summed E-state index contributed by atoms with van der Waals surface area (Å²) in [5, 5.41) is 0.741. The minimum absolute atomic E-state index is 0.230.